The molecule has 27 heavy (non-hydrogen) atoms. The monoisotopic (exact) mass is 361 g/mol. The van der Waals surface area contributed by atoms with E-state index in [0.29, 0.717) is 18.8 Å². The number of anilines is 1. The van der Waals surface area contributed by atoms with Crippen molar-refractivity contribution >= 4 is 11.6 Å². The Hall–Kier alpha value is -3.11. The summed E-state index contributed by atoms with van der Waals surface area (Å²) in [6.07, 6.45) is 0. The van der Waals surface area contributed by atoms with Crippen molar-refractivity contribution in [1.29, 1.82) is 0 Å². The molecule has 0 saturated heterocycles. The predicted molar refractivity (Wildman–Crippen MR) is 108 cm³/mol. The van der Waals surface area contributed by atoms with Crippen LogP contribution in [0.3, 0.4) is 0 Å². The summed E-state index contributed by atoms with van der Waals surface area (Å²) in [7, 11) is 1.64. The van der Waals surface area contributed by atoms with Crippen molar-refractivity contribution in [1.82, 2.24) is 0 Å². The second-order valence-electron chi connectivity index (χ2n) is 6.23. The van der Waals surface area contributed by atoms with Gasteiger partial charge in [-0.15, -0.1) is 0 Å². The Morgan fingerprint density at radius 1 is 0.926 bits per heavy atom. The SMILES string of the molecule is COCCOc1ccc(-c2ccccc2C(=O)Nc2cccc(C)c2)cc1. The van der Waals surface area contributed by atoms with Gasteiger partial charge in [-0.3, -0.25) is 4.79 Å². The molecular weight excluding hydrogens is 338 g/mol. The zero-order valence-corrected chi connectivity index (χ0v) is 15.6. The van der Waals surface area contributed by atoms with Crippen LogP contribution in [0.2, 0.25) is 0 Å². The summed E-state index contributed by atoms with van der Waals surface area (Å²) < 4.78 is 10.6. The lowest BCUT2D eigenvalue weighted by molar-refractivity contribution is 0.102. The molecular formula is C23H23NO3. The van der Waals surface area contributed by atoms with E-state index in [1.165, 1.54) is 0 Å². The first kappa shape index (κ1) is 18.7. The lowest BCUT2D eigenvalue weighted by Gasteiger charge is -2.12. The van der Waals surface area contributed by atoms with E-state index in [1.807, 2.05) is 79.7 Å². The summed E-state index contributed by atoms with van der Waals surface area (Å²) >= 11 is 0. The Labute approximate surface area is 159 Å². The summed E-state index contributed by atoms with van der Waals surface area (Å²) in [6.45, 7) is 3.05. The highest BCUT2D eigenvalue weighted by atomic mass is 16.5. The van der Waals surface area contributed by atoms with Crippen molar-refractivity contribution in [2.75, 3.05) is 25.6 Å². The molecule has 0 radical (unpaired) electrons. The molecule has 0 aliphatic rings. The molecule has 0 atom stereocenters. The number of benzene rings is 3. The maximum atomic E-state index is 12.8. The van der Waals surface area contributed by atoms with Crippen LogP contribution in [0.25, 0.3) is 11.1 Å². The molecule has 1 amide bonds. The van der Waals surface area contributed by atoms with E-state index in [2.05, 4.69) is 5.32 Å². The smallest absolute Gasteiger partial charge is 0.256 e. The van der Waals surface area contributed by atoms with Gasteiger partial charge in [-0.05, 0) is 53.9 Å². The zero-order chi connectivity index (χ0) is 19.1. The predicted octanol–water partition coefficient (Wildman–Crippen LogP) is 4.94. The number of amides is 1. The Morgan fingerprint density at radius 3 is 2.44 bits per heavy atom. The van der Waals surface area contributed by atoms with E-state index in [-0.39, 0.29) is 5.91 Å². The number of aryl methyl sites for hydroxylation is 1. The second-order valence-corrected chi connectivity index (χ2v) is 6.23. The first-order valence-electron chi connectivity index (χ1n) is 8.86. The Balaban J connectivity index is 1.80. The molecule has 3 aromatic rings. The van der Waals surface area contributed by atoms with Gasteiger partial charge in [0.25, 0.3) is 5.91 Å². The van der Waals surface area contributed by atoms with Gasteiger partial charge in [0, 0.05) is 18.4 Å². The summed E-state index contributed by atoms with van der Waals surface area (Å²) in [6, 6.07) is 23.1. The van der Waals surface area contributed by atoms with E-state index in [4.69, 9.17) is 9.47 Å². The van der Waals surface area contributed by atoms with Crippen molar-refractivity contribution in [2.24, 2.45) is 0 Å². The van der Waals surface area contributed by atoms with Gasteiger partial charge in [-0.2, -0.15) is 0 Å². The van der Waals surface area contributed by atoms with Crippen LogP contribution in [-0.4, -0.2) is 26.2 Å². The van der Waals surface area contributed by atoms with Crippen molar-refractivity contribution in [3.63, 3.8) is 0 Å². The van der Waals surface area contributed by atoms with Gasteiger partial charge in [-0.1, -0.05) is 42.5 Å². The third-order valence-electron chi connectivity index (χ3n) is 4.17. The second kappa shape index (κ2) is 9.01. The molecule has 3 rings (SSSR count). The highest BCUT2D eigenvalue weighted by Gasteiger charge is 2.13. The van der Waals surface area contributed by atoms with Gasteiger partial charge in [0.05, 0.1) is 6.61 Å². The number of carbonyl (C=O) groups excluding carboxylic acids is 1. The maximum Gasteiger partial charge on any atom is 0.256 e. The third-order valence-corrected chi connectivity index (χ3v) is 4.17. The molecule has 0 spiro atoms. The molecule has 0 bridgehead atoms. The van der Waals surface area contributed by atoms with Crippen molar-refractivity contribution in [3.05, 3.63) is 83.9 Å². The fourth-order valence-electron chi connectivity index (χ4n) is 2.83. The first-order chi connectivity index (χ1) is 13.2. The van der Waals surface area contributed by atoms with E-state index < -0.39 is 0 Å². The van der Waals surface area contributed by atoms with Crippen LogP contribution in [-0.2, 0) is 4.74 Å². The van der Waals surface area contributed by atoms with E-state index in [1.54, 1.807) is 7.11 Å². The topological polar surface area (TPSA) is 47.6 Å². The van der Waals surface area contributed by atoms with E-state index >= 15 is 0 Å². The Kier molecular flexibility index (Phi) is 6.23. The van der Waals surface area contributed by atoms with Crippen LogP contribution < -0.4 is 10.1 Å². The van der Waals surface area contributed by atoms with E-state index in [9.17, 15) is 4.79 Å². The van der Waals surface area contributed by atoms with Gasteiger partial charge in [0.2, 0.25) is 0 Å². The highest BCUT2D eigenvalue weighted by molar-refractivity contribution is 6.08. The number of hydrogen-bond acceptors (Lipinski definition) is 3. The average Bonchev–Trinajstić information content (AvgIpc) is 2.69. The zero-order valence-electron chi connectivity index (χ0n) is 15.6. The van der Waals surface area contributed by atoms with Gasteiger partial charge >= 0.3 is 0 Å². The Morgan fingerprint density at radius 2 is 1.70 bits per heavy atom. The first-order valence-corrected chi connectivity index (χ1v) is 8.86. The quantitative estimate of drug-likeness (QED) is 0.606. The van der Waals surface area contributed by atoms with Crippen molar-refractivity contribution < 1.29 is 14.3 Å². The lowest BCUT2D eigenvalue weighted by Crippen LogP contribution is -2.13. The summed E-state index contributed by atoms with van der Waals surface area (Å²) in [5.41, 5.74) is 4.36. The van der Waals surface area contributed by atoms with Crippen LogP contribution in [0, 0.1) is 6.92 Å². The van der Waals surface area contributed by atoms with Crippen molar-refractivity contribution in [3.8, 4) is 16.9 Å². The van der Waals surface area contributed by atoms with Gasteiger partial charge < -0.3 is 14.8 Å². The number of ether oxygens (including phenoxy) is 2. The lowest BCUT2D eigenvalue weighted by atomic mass is 9.99. The molecule has 0 saturated carbocycles. The van der Waals surface area contributed by atoms with Crippen LogP contribution in [0.1, 0.15) is 15.9 Å². The number of carbonyl (C=O) groups is 1. The molecule has 0 aromatic heterocycles. The molecule has 3 aromatic carbocycles. The van der Waals surface area contributed by atoms with Crippen LogP contribution in [0.5, 0.6) is 5.75 Å². The number of hydrogen-bond donors (Lipinski definition) is 1. The van der Waals surface area contributed by atoms with Crippen molar-refractivity contribution in [2.45, 2.75) is 6.92 Å². The maximum absolute atomic E-state index is 12.8. The summed E-state index contributed by atoms with van der Waals surface area (Å²) in [4.78, 5) is 12.8. The van der Waals surface area contributed by atoms with Gasteiger partial charge in [-0.25, -0.2) is 0 Å². The third kappa shape index (κ3) is 4.96. The number of rotatable bonds is 7. The van der Waals surface area contributed by atoms with Gasteiger partial charge in [0.15, 0.2) is 0 Å². The summed E-state index contributed by atoms with van der Waals surface area (Å²) in [5.74, 6) is 0.647. The minimum absolute atomic E-state index is 0.128. The fraction of sp³-hybridized carbons (Fsp3) is 0.174. The molecule has 0 aliphatic heterocycles. The van der Waals surface area contributed by atoms with Gasteiger partial charge in [0.1, 0.15) is 12.4 Å². The van der Waals surface area contributed by atoms with E-state index in [0.717, 1.165) is 28.1 Å². The highest BCUT2D eigenvalue weighted by Crippen LogP contribution is 2.26. The van der Waals surface area contributed by atoms with Crippen LogP contribution in [0.4, 0.5) is 5.69 Å². The largest absolute Gasteiger partial charge is 0.491 e. The molecule has 0 heterocycles. The normalized spacial score (nSPS) is 10.4. The Bertz CT molecular complexity index is 904. The minimum atomic E-state index is -0.128. The molecule has 138 valence electrons. The summed E-state index contributed by atoms with van der Waals surface area (Å²) in [5, 5.41) is 2.98. The molecule has 0 fully saturated rings. The van der Waals surface area contributed by atoms with Crippen LogP contribution in [0.15, 0.2) is 72.8 Å². The molecule has 0 unspecified atom stereocenters. The average molecular weight is 361 g/mol. The number of nitrogens with one attached hydrogen (secondary N) is 1. The standard InChI is InChI=1S/C23H23NO3/c1-17-6-5-7-19(16-17)24-23(25)22-9-4-3-8-21(22)18-10-12-20(13-11-18)27-15-14-26-2/h3-13,16H,14-15H2,1-2H3,(H,24,25). The molecule has 4 heteroatoms. The fourth-order valence-corrected chi connectivity index (χ4v) is 2.83. The molecule has 4 nitrogen and oxygen atoms in total. The minimum Gasteiger partial charge on any atom is -0.491 e. The molecule has 1 N–H and O–H groups in total. The molecule has 0 aliphatic carbocycles. The number of methoxy groups -OCH3 is 1. The van der Waals surface area contributed by atoms with Crippen LogP contribution >= 0.6 is 0 Å².